The highest BCUT2D eigenvalue weighted by atomic mass is 16.6. The van der Waals surface area contributed by atoms with Crippen molar-refractivity contribution < 1.29 is 29.6 Å². The Morgan fingerprint density at radius 3 is 2.07 bits per heavy atom. The van der Waals surface area contributed by atoms with Crippen LogP contribution >= 0.6 is 0 Å². The van der Waals surface area contributed by atoms with Gasteiger partial charge in [-0.05, 0) is 6.92 Å². The molecule has 0 spiro atoms. The lowest BCUT2D eigenvalue weighted by atomic mass is 10.1. The molecule has 0 rings (SSSR count). The summed E-state index contributed by atoms with van der Waals surface area (Å²) < 4.78 is 4.40. The van der Waals surface area contributed by atoms with Crippen LogP contribution in [0.5, 0.6) is 0 Å². The molecule has 0 aliphatic rings. The molecular weight excluding hydrogens is 192 g/mol. The Morgan fingerprint density at radius 1 is 1.29 bits per heavy atom. The molecule has 0 aliphatic carbocycles. The maximum Gasteiger partial charge on any atom is 0.303 e. The van der Waals surface area contributed by atoms with Gasteiger partial charge >= 0.3 is 5.97 Å². The van der Waals surface area contributed by atoms with Crippen LogP contribution in [0.25, 0.3) is 0 Å². The van der Waals surface area contributed by atoms with Crippen molar-refractivity contribution in [3.8, 4) is 0 Å². The van der Waals surface area contributed by atoms with Crippen molar-refractivity contribution in [3.63, 3.8) is 0 Å². The summed E-state index contributed by atoms with van der Waals surface area (Å²) in [5.41, 5.74) is 0. The van der Waals surface area contributed by atoms with Gasteiger partial charge in [-0.1, -0.05) is 0 Å². The second-order valence-corrected chi connectivity index (χ2v) is 2.93. The Labute approximate surface area is 81.1 Å². The summed E-state index contributed by atoms with van der Waals surface area (Å²) in [4.78, 5) is 20.9. The molecule has 3 N–H and O–H groups in total. The normalized spacial score (nSPS) is 19.2. The first-order chi connectivity index (χ1) is 6.40. The molecule has 0 amide bonds. The van der Waals surface area contributed by atoms with Crippen LogP contribution in [0.15, 0.2) is 0 Å². The third kappa shape index (κ3) is 3.82. The molecule has 0 radical (unpaired) electrons. The van der Waals surface area contributed by atoms with E-state index in [-0.39, 0.29) is 6.29 Å². The van der Waals surface area contributed by atoms with E-state index in [0.717, 1.165) is 6.92 Å². The zero-order valence-electron chi connectivity index (χ0n) is 7.95. The van der Waals surface area contributed by atoms with Crippen LogP contribution in [-0.4, -0.2) is 52.0 Å². The monoisotopic (exact) mass is 206 g/mol. The molecule has 6 nitrogen and oxygen atoms in total. The maximum atomic E-state index is 10.5. The van der Waals surface area contributed by atoms with Gasteiger partial charge in [-0.15, -0.1) is 0 Å². The zero-order chi connectivity index (χ0) is 11.3. The number of carbonyl (C=O) groups excluding carboxylic acids is 2. The molecule has 82 valence electrons. The molecule has 0 bridgehead atoms. The molecule has 14 heavy (non-hydrogen) atoms. The van der Waals surface area contributed by atoms with E-state index >= 15 is 0 Å². The molecule has 0 saturated heterocycles. The first-order valence-corrected chi connectivity index (χ1v) is 4.06. The van der Waals surface area contributed by atoms with E-state index in [0.29, 0.717) is 0 Å². The smallest absolute Gasteiger partial charge is 0.303 e. The fourth-order valence-electron chi connectivity index (χ4n) is 0.849. The number of hydrogen-bond donors (Lipinski definition) is 3. The van der Waals surface area contributed by atoms with Crippen molar-refractivity contribution in [2.75, 3.05) is 0 Å². The van der Waals surface area contributed by atoms with Gasteiger partial charge < -0.3 is 20.1 Å². The molecule has 0 aliphatic heterocycles. The predicted octanol–water partition coefficient (Wildman–Crippen LogP) is -1.78. The SMILES string of the molecule is CC(=O)O[C@H](C=O)[C@H](O)[C@H](O)[C@H](C)O. The summed E-state index contributed by atoms with van der Waals surface area (Å²) in [6.07, 6.45) is -5.65. The average Bonchev–Trinajstić information content (AvgIpc) is 2.11. The molecule has 0 aromatic heterocycles. The zero-order valence-corrected chi connectivity index (χ0v) is 7.95. The number of aliphatic hydroxyl groups is 3. The van der Waals surface area contributed by atoms with Gasteiger partial charge in [0.2, 0.25) is 0 Å². The van der Waals surface area contributed by atoms with Crippen LogP contribution in [0.1, 0.15) is 13.8 Å². The minimum atomic E-state index is -1.63. The molecule has 0 heterocycles. The van der Waals surface area contributed by atoms with Crippen molar-refractivity contribution in [1.29, 1.82) is 0 Å². The molecule has 4 atom stereocenters. The standard InChI is InChI=1S/C8H14O6/c1-4(10)7(12)8(13)6(3-9)14-5(2)11/h3-4,6-8,10,12-13H,1-2H3/t4-,6+,7+,8-/m0/s1. The van der Waals surface area contributed by atoms with Crippen LogP contribution in [-0.2, 0) is 14.3 Å². The van der Waals surface area contributed by atoms with Crippen molar-refractivity contribution in [3.05, 3.63) is 0 Å². The number of hydrogen-bond acceptors (Lipinski definition) is 6. The van der Waals surface area contributed by atoms with E-state index in [2.05, 4.69) is 4.74 Å². The summed E-state index contributed by atoms with van der Waals surface area (Å²) in [6.45, 7) is 2.31. The minimum absolute atomic E-state index is 0.192. The van der Waals surface area contributed by atoms with E-state index in [1.165, 1.54) is 6.92 Å². The van der Waals surface area contributed by atoms with Crippen molar-refractivity contribution in [2.24, 2.45) is 0 Å². The van der Waals surface area contributed by atoms with E-state index < -0.39 is 30.4 Å². The van der Waals surface area contributed by atoms with Gasteiger partial charge in [0.1, 0.15) is 12.2 Å². The summed E-state index contributed by atoms with van der Waals surface area (Å²) in [6, 6.07) is 0. The third-order valence-corrected chi connectivity index (χ3v) is 1.62. The second-order valence-electron chi connectivity index (χ2n) is 2.93. The summed E-state index contributed by atoms with van der Waals surface area (Å²) >= 11 is 0. The number of aldehydes is 1. The quantitative estimate of drug-likeness (QED) is 0.363. The van der Waals surface area contributed by atoms with Gasteiger partial charge in [0, 0.05) is 6.92 Å². The van der Waals surface area contributed by atoms with Crippen LogP contribution in [0.4, 0.5) is 0 Å². The van der Waals surface area contributed by atoms with Gasteiger partial charge in [0.15, 0.2) is 12.4 Å². The Hall–Kier alpha value is -0.980. The average molecular weight is 206 g/mol. The fraction of sp³-hybridized carbons (Fsp3) is 0.750. The number of rotatable bonds is 5. The number of aliphatic hydroxyl groups excluding tert-OH is 3. The van der Waals surface area contributed by atoms with E-state index in [1.807, 2.05) is 0 Å². The Morgan fingerprint density at radius 2 is 1.79 bits per heavy atom. The number of ether oxygens (including phenoxy) is 1. The highest BCUT2D eigenvalue weighted by molar-refractivity contribution is 5.70. The lowest BCUT2D eigenvalue weighted by molar-refractivity contribution is -0.164. The second kappa shape index (κ2) is 5.69. The van der Waals surface area contributed by atoms with Crippen LogP contribution < -0.4 is 0 Å². The molecule has 0 unspecified atom stereocenters. The maximum absolute atomic E-state index is 10.5. The van der Waals surface area contributed by atoms with E-state index in [1.54, 1.807) is 0 Å². The van der Waals surface area contributed by atoms with Gasteiger partial charge in [0.25, 0.3) is 0 Å². The van der Waals surface area contributed by atoms with E-state index in [4.69, 9.17) is 10.2 Å². The molecule has 0 aromatic carbocycles. The van der Waals surface area contributed by atoms with E-state index in [9.17, 15) is 14.7 Å². The molecule has 6 heteroatoms. The van der Waals surface area contributed by atoms with Crippen molar-refractivity contribution in [1.82, 2.24) is 0 Å². The first-order valence-electron chi connectivity index (χ1n) is 4.06. The number of esters is 1. The number of carbonyl (C=O) groups is 2. The molecule has 0 aromatic rings. The van der Waals surface area contributed by atoms with Crippen LogP contribution in [0.3, 0.4) is 0 Å². The van der Waals surface area contributed by atoms with Gasteiger partial charge in [-0.25, -0.2) is 0 Å². The minimum Gasteiger partial charge on any atom is -0.452 e. The lowest BCUT2D eigenvalue weighted by Crippen LogP contribution is -2.45. The molecular formula is C8H14O6. The topological polar surface area (TPSA) is 104 Å². The van der Waals surface area contributed by atoms with Crippen LogP contribution in [0.2, 0.25) is 0 Å². The third-order valence-electron chi connectivity index (χ3n) is 1.62. The fourth-order valence-corrected chi connectivity index (χ4v) is 0.849. The predicted molar refractivity (Wildman–Crippen MR) is 45.3 cm³/mol. The Balaban J connectivity index is 4.36. The first kappa shape index (κ1) is 13.0. The Kier molecular flexibility index (Phi) is 5.29. The highest BCUT2D eigenvalue weighted by Crippen LogP contribution is 2.06. The summed E-state index contributed by atoms with van der Waals surface area (Å²) in [5.74, 6) is -0.751. The van der Waals surface area contributed by atoms with Crippen molar-refractivity contribution >= 4 is 12.3 Å². The molecule has 0 fully saturated rings. The highest BCUT2D eigenvalue weighted by Gasteiger charge is 2.31. The summed E-state index contributed by atoms with van der Waals surface area (Å²) in [7, 11) is 0. The molecule has 0 saturated carbocycles. The van der Waals surface area contributed by atoms with Crippen LogP contribution in [0, 0.1) is 0 Å². The van der Waals surface area contributed by atoms with Gasteiger partial charge in [0.05, 0.1) is 6.10 Å². The van der Waals surface area contributed by atoms with Gasteiger partial charge in [-0.2, -0.15) is 0 Å². The lowest BCUT2D eigenvalue weighted by Gasteiger charge is -2.24. The van der Waals surface area contributed by atoms with Crippen molar-refractivity contribution in [2.45, 2.75) is 38.3 Å². The summed E-state index contributed by atoms with van der Waals surface area (Å²) in [5, 5.41) is 27.3. The van der Waals surface area contributed by atoms with Gasteiger partial charge in [-0.3, -0.25) is 9.59 Å². The largest absolute Gasteiger partial charge is 0.452 e. The Bertz CT molecular complexity index is 202.